The molecule has 1 aliphatic heterocycles. The van der Waals surface area contributed by atoms with Crippen LogP contribution >= 0.6 is 0 Å². The molecule has 0 radical (unpaired) electrons. The lowest BCUT2D eigenvalue weighted by atomic mass is 10.1. The summed E-state index contributed by atoms with van der Waals surface area (Å²) in [6.07, 6.45) is 0. The maximum Gasteiger partial charge on any atom is 0.128 e. The molecule has 1 aromatic rings. The first-order valence-corrected chi connectivity index (χ1v) is 6.36. The lowest BCUT2D eigenvalue weighted by molar-refractivity contribution is 0.105. The van der Waals surface area contributed by atoms with E-state index in [1.807, 2.05) is 12.1 Å². The fourth-order valence-electron chi connectivity index (χ4n) is 1.88. The van der Waals surface area contributed by atoms with Gasteiger partial charge in [-0.2, -0.15) is 0 Å². The maximum absolute atomic E-state index is 5.71. The van der Waals surface area contributed by atoms with E-state index in [2.05, 4.69) is 41.4 Å². The average molecular weight is 247 g/mol. The first-order chi connectivity index (χ1) is 8.77. The number of rotatable bonds is 6. The van der Waals surface area contributed by atoms with Crippen LogP contribution in [0, 0.1) is 0 Å². The molecule has 4 nitrogen and oxygen atoms in total. The minimum absolute atomic E-state index is 0.644. The quantitative estimate of drug-likeness (QED) is 0.765. The van der Waals surface area contributed by atoms with Crippen molar-refractivity contribution in [1.29, 1.82) is 0 Å². The summed E-state index contributed by atoms with van der Waals surface area (Å²) in [6.45, 7) is 4.14. The fraction of sp³-hybridized carbons (Fsp3) is 0.500. The molecule has 0 saturated heterocycles. The molecule has 0 aromatic heterocycles. The van der Waals surface area contributed by atoms with Crippen LogP contribution in [0.4, 0.5) is 0 Å². The first kappa shape index (κ1) is 13.1. The van der Waals surface area contributed by atoms with Crippen LogP contribution < -0.4 is 5.32 Å². The smallest absolute Gasteiger partial charge is 0.128 e. The molecule has 98 valence electrons. The molecule has 0 atom stereocenters. The normalized spacial score (nSPS) is 14.7. The molecule has 1 N–H and O–H groups in total. The zero-order valence-corrected chi connectivity index (χ0v) is 11.1. The number of likely N-dealkylation sites (N-methyl/N-ethyl adjacent to an activating group) is 1. The Morgan fingerprint density at radius 1 is 1.33 bits per heavy atom. The second-order valence-electron chi connectivity index (χ2n) is 4.67. The molecule has 1 aromatic carbocycles. The number of benzene rings is 1. The molecule has 0 saturated carbocycles. The van der Waals surface area contributed by atoms with Crippen molar-refractivity contribution in [1.82, 2.24) is 10.2 Å². The Bertz CT molecular complexity index is 415. The first-order valence-electron chi connectivity index (χ1n) is 6.36. The van der Waals surface area contributed by atoms with Gasteiger partial charge in [0.25, 0.3) is 0 Å². The predicted molar refractivity (Wildman–Crippen MR) is 74.1 cm³/mol. The monoisotopic (exact) mass is 247 g/mol. The van der Waals surface area contributed by atoms with E-state index in [1.54, 1.807) is 0 Å². The van der Waals surface area contributed by atoms with Crippen molar-refractivity contribution in [3.8, 4) is 0 Å². The van der Waals surface area contributed by atoms with Gasteiger partial charge in [-0.1, -0.05) is 24.3 Å². The second kappa shape index (κ2) is 6.52. The topological polar surface area (TPSA) is 36.9 Å². The van der Waals surface area contributed by atoms with E-state index in [4.69, 9.17) is 4.74 Å². The van der Waals surface area contributed by atoms with E-state index < -0.39 is 0 Å². The third-order valence-corrected chi connectivity index (χ3v) is 2.89. The van der Waals surface area contributed by atoms with E-state index in [0.717, 1.165) is 32.1 Å². The van der Waals surface area contributed by atoms with Crippen LogP contribution in [-0.2, 0) is 11.3 Å². The zero-order valence-electron chi connectivity index (χ0n) is 11.1. The predicted octanol–water partition coefficient (Wildman–Crippen LogP) is 1.11. The van der Waals surface area contributed by atoms with Gasteiger partial charge in [-0.15, -0.1) is 0 Å². The van der Waals surface area contributed by atoms with Crippen molar-refractivity contribution in [2.24, 2.45) is 4.99 Å². The number of aliphatic imine (C=N–C) groups is 1. The van der Waals surface area contributed by atoms with Crippen molar-refractivity contribution >= 4 is 5.84 Å². The highest BCUT2D eigenvalue weighted by molar-refractivity contribution is 6.00. The second-order valence-corrected chi connectivity index (χ2v) is 4.67. The molecule has 1 heterocycles. The Morgan fingerprint density at radius 2 is 2.17 bits per heavy atom. The number of hydrogen-bond acceptors (Lipinski definition) is 4. The van der Waals surface area contributed by atoms with Gasteiger partial charge in [0.05, 0.1) is 19.8 Å². The molecular weight excluding hydrogens is 226 g/mol. The summed E-state index contributed by atoms with van der Waals surface area (Å²) in [5.74, 6) is 1.00. The van der Waals surface area contributed by atoms with Crippen LogP contribution in [0.25, 0.3) is 0 Å². The highest BCUT2D eigenvalue weighted by Crippen LogP contribution is 2.12. The Balaban J connectivity index is 1.95. The van der Waals surface area contributed by atoms with Gasteiger partial charge in [0, 0.05) is 18.7 Å². The maximum atomic E-state index is 5.71. The molecule has 2 rings (SSSR count). The van der Waals surface area contributed by atoms with Crippen LogP contribution in [0.2, 0.25) is 0 Å². The summed E-state index contributed by atoms with van der Waals surface area (Å²) in [7, 11) is 4.10. The SMILES string of the molecule is CN(C)CCOCc1ccccc1C1=NCCN1. The van der Waals surface area contributed by atoms with Crippen molar-refractivity contribution < 1.29 is 4.74 Å². The molecule has 0 amide bonds. The average Bonchev–Trinajstić information content (AvgIpc) is 2.88. The van der Waals surface area contributed by atoms with Gasteiger partial charge in [-0.05, 0) is 19.7 Å². The number of ether oxygens (including phenoxy) is 1. The van der Waals surface area contributed by atoms with Gasteiger partial charge in [0.2, 0.25) is 0 Å². The summed E-state index contributed by atoms with van der Waals surface area (Å²) >= 11 is 0. The van der Waals surface area contributed by atoms with Crippen LogP contribution in [0.3, 0.4) is 0 Å². The number of nitrogens with zero attached hydrogens (tertiary/aromatic N) is 2. The van der Waals surface area contributed by atoms with Gasteiger partial charge < -0.3 is 15.0 Å². The van der Waals surface area contributed by atoms with E-state index in [1.165, 1.54) is 11.1 Å². The highest BCUT2D eigenvalue weighted by Gasteiger charge is 2.11. The standard InChI is InChI=1S/C14H21N3O/c1-17(2)9-10-18-11-12-5-3-4-6-13(12)14-15-7-8-16-14/h3-6H,7-11H2,1-2H3,(H,15,16). The lowest BCUT2D eigenvalue weighted by Crippen LogP contribution is -2.21. The highest BCUT2D eigenvalue weighted by atomic mass is 16.5. The van der Waals surface area contributed by atoms with E-state index >= 15 is 0 Å². The number of hydrogen-bond donors (Lipinski definition) is 1. The summed E-state index contributed by atoms with van der Waals surface area (Å²) in [4.78, 5) is 6.58. The third-order valence-electron chi connectivity index (χ3n) is 2.89. The van der Waals surface area contributed by atoms with Crippen molar-refractivity contribution in [3.63, 3.8) is 0 Å². The van der Waals surface area contributed by atoms with Gasteiger partial charge >= 0.3 is 0 Å². The Labute approximate surface area is 109 Å². The molecule has 0 bridgehead atoms. The molecule has 0 aliphatic carbocycles. The van der Waals surface area contributed by atoms with Crippen molar-refractivity contribution in [2.45, 2.75) is 6.61 Å². The minimum atomic E-state index is 0.644. The molecule has 0 fully saturated rings. The summed E-state index contributed by atoms with van der Waals surface area (Å²) in [6, 6.07) is 8.29. The summed E-state index contributed by atoms with van der Waals surface area (Å²) < 4.78 is 5.71. The minimum Gasteiger partial charge on any atom is -0.375 e. The van der Waals surface area contributed by atoms with Gasteiger partial charge in [-0.25, -0.2) is 0 Å². The fourth-order valence-corrected chi connectivity index (χ4v) is 1.88. The summed E-state index contributed by atoms with van der Waals surface area (Å²) in [5.41, 5.74) is 2.37. The van der Waals surface area contributed by atoms with E-state index in [9.17, 15) is 0 Å². The van der Waals surface area contributed by atoms with Gasteiger partial charge in [0.1, 0.15) is 5.84 Å². The van der Waals surface area contributed by atoms with Crippen LogP contribution in [-0.4, -0.2) is 51.1 Å². The molecule has 4 heteroatoms. The molecule has 0 spiro atoms. The van der Waals surface area contributed by atoms with E-state index in [-0.39, 0.29) is 0 Å². The number of nitrogens with one attached hydrogen (secondary N) is 1. The molecule has 0 unspecified atom stereocenters. The molecule has 1 aliphatic rings. The molecule has 18 heavy (non-hydrogen) atoms. The molecular formula is C14H21N3O. The van der Waals surface area contributed by atoms with Crippen LogP contribution in [0.1, 0.15) is 11.1 Å². The van der Waals surface area contributed by atoms with Crippen molar-refractivity contribution in [3.05, 3.63) is 35.4 Å². The van der Waals surface area contributed by atoms with Crippen molar-refractivity contribution in [2.75, 3.05) is 40.3 Å². The Morgan fingerprint density at radius 3 is 2.89 bits per heavy atom. The Hall–Kier alpha value is -1.39. The van der Waals surface area contributed by atoms with Gasteiger partial charge in [0.15, 0.2) is 0 Å². The van der Waals surface area contributed by atoms with Crippen LogP contribution in [0.15, 0.2) is 29.3 Å². The zero-order chi connectivity index (χ0) is 12.8. The lowest BCUT2D eigenvalue weighted by Gasteiger charge is -2.12. The van der Waals surface area contributed by atoms with Gasteiger partial charge in [-0.3, -0.25) is 4.99 Å². The largest absolute Gasteiger partial charge is 0.375 e. The number of amidine groups is 1. The summed E-state index contributed by atoms with van der Waals surface area (Å²) in [5, 5.41) is 3.31. The Kier molecular flexibility index (Phi) is 4.73. The third kappa shape index (κ3) is 3.55. The van der Waals surface area contributed by atoms with Crippen LogP contribution in [0.5, 0.6) is 0 Å². The van der Waals surface area contributed by atoms with E-state index in [0.29, 0.717) is 6.61 Å².